The van der Waals surface area contributed by atoms with Crippen molar-refractivity contribution < 1.29 is 14.3 Å². The number of rotatable bonds is 4. The molecule has 0 heterocycles. The predicted molar refractivity (Wildman–Crippen MR) is 150 cm³/mol. The largest absolute Gasteiger partial charge is 0.465 e. The minimum atomic E-state index is -0.995. The Bertz CT molecular complexity index is 982. The van der Waals surface area contributed by atoms with Crippen LogP contribution >= 0.6 is 0 Å². The molecular weight excluding hydrogens is 456 g/mol. The van der Waals surface area contributed by atoms with Crippen molar-refractivity contribution in [3.8, 4) is 0 Å². The Labute approximate surface area is 227 Å². The number of hydrogen-bond donors (Lipinski definition) is 0. The van der Waals surface area contributed by atoms with Crippen LogP contribution in [0.15, 0.2) is 11.6 Å². The van der Waals surface area contributed by atoms with Gasteiger partial charge in [0.1, 0.15) is 11.2 Å². The number of esters is 1. The Morgan fingerprint density at radius 1 is 0.973 bits per heavy atom. The zero-order chi connectivity index (χ0) is 27.0. The maximum atomic E-state index is 13.5. The molecule has 4 saturated carbocycles. The van der Waals surface area contributed by atoms with Crippen molar-refractivity contribution in [2.75, 3.05) is 6.61 Å². The van der Waals surface area contributed by atoms with Crippen molar-refractivity contribution in [1.29, 1.82) is 0 Å². The number of Topliss-reactive ketones (excluding diaryl/α,β-unsaturated/α-hetero) is 1. The summed E-state index contributed by atoms with van der Waals surface area (Å²) in [6.45, 7) is 19.8. The summed E-state index contributed by atoms with van der Waals surface area (Å²) in [7, 11) is 0. The molecule has 0 aromatic heterocycles. The first-order valence-corrected chi connectivity index (χ1v) is 15.7. The van der Waals surface area contributed by atoms with Crippen molar-refractivity contribution in [2.45, 2.75) is 126 Å². The van der Waals surface area contributed by atoms with Crippen molar-refractivity contribution >= 4 is 11.8 Å². The summed E-state index contributed by atoms with van der Waals surface area (Å²) in [5.74, 6) is 2.69. The summed E-state index contributed by atoms with van der Waals surface area (Å²) < 4.78 is 5.78. The molecule has 0 N–H and O–H groups in total. The molecule has 0 spiro atoms. The highest BCUT2D eigenvalue weighted by Crippen LogP contribution is 2.75. The second-order valence-corrected chi connectivity index (χ2v) is 15.4. The summed E-state index contributed by atoms with van der Waals surface area (Å²) in [5, 5.41) is 0. The average Bonchev–Trinajstić information content (AvgIpc) is 2.85. The molecule has 10 atom stereocenters. The van der Waals surface area contributed by atoms with Gasteiger partial charge in [-0.1, -0.05) is 66.5 Å². The van der Waals surface area contributed by atoms with E-state index in [0.717, 1.165) is 50.4 Å². The molecule has 0 aromatic carbocycles. The van der Waals surface area contributed by atoms with Crippen LogP contribution in [0.4, 0.5) is 0 Å². The third-order valence-corrected chi connectivity index (χ3v) is 14.0. The van der Waals surface area contributed by atoms with Gasteiger partial charge in [0, 0.05) is 6.42 Å². The van der Waals surface area contributed by atoms with Crippen LogP contribution in [0.25, 0.3) is 0 Å². The first-order valence-electron chi connectivity index (χ1n) is 15.7. The zero-order valence-electron chi connectivity index (χ0n) is 25.2. The molecule has 3 nitrogen and oxygen atoms in total. The van der Waals surface area contributed by atoms with Crippen LogP contribution in [0.1, 0.15) is 126 Å². The average molecular weight is 511 g/mol. The van der Waals surface area contributed by atoms with E-state index in [-0.39, 0.29) is 33.9 Å². The summed E-state index contributed by atoms with van der Waals surface area (Å²) in [5.41, 5.74) is 1.63. The smallest absolute Gasteiger partial charge is 0.319 e. The molecule has 0 unspecified atom stereocenters. The maximum absolute atomic E-state index is 13.5. The van der Waals surface area contributed by atoms with Gasteiger partial charge in [-0.15, -0.1) is 0 Å². The molecule has 4 fully saturated rings. The lowest BCUT2D eigenvalue weighted by atomic mass is 9.33. The van der Waals surface area contributed by atoms with Crippen molar-refractivity contribution in [2.24, 2.45) is 56.7 Å². The fourth-order valence-corrected chi connectivity index (χ4v) is 11.1. The predicted octanol–water partition coefficient (Wildman–Crippen LogP) is 8.56. The molecule has 37 heavy (non-hydrogen) atoms. The first kappa shape index (κ1) is 27.4. The van der Waals surface area contributed by atoms with Gasteiger partial charge in [0.2, 0.25) is 0 Å². The molecule has 0 bridgehead atoms. The topological polar surface area (TPSA) is 43.4 Å². The highest BCUT2D eigenvalue weighted by atomic mass is 16.5. The van der Waals surface area contributed by atoms with E-state index in [4.69, 9.17) is 4.74 Å². The van der Waals surface area contributed by atoms with E-state index in [1.807, 2.05) is 6.92 Å². The monoisotopic (exact) mass is 510 g/mol. The van der Waals surface area contributed by atoms with Crippen molar-refractivity contribution in [1.82, 2.24) is 0 Å². The van der Waals surface area contributed by atoms with Gasteiger partial charge in [-0.05, 0) is 116 Å². The van der Waals surface area contributed by atoms with E-state index in [0.29, 0.717) is 30.3 Å². The van der Waals surface area contributed by atoms with Crippen LogP contribution in [0, 0.1) is 56.7 Å². The van der Waals surface area contributed by atoms with Crippen LogP contribution < -0.4 is 0 Å². The van der Waals surface area contributed by atoms with E-state index in [2.05, 4.69) is 54.5 Å². The molecule has 0 aliphatic heterocycles. The van der Waals surface area contributed by atoms with E-state index >= 15 is 0 Å². The third-order valence-electron chi connectivity index (χ3n) is 14.0. The molecule has 5 aliphatic rings. The SMILES string of the molecule is CCCCOC(=O)[C@@]1(C)C(=O)CC[C@]2(C)[C@H]3CC=C4[C@@H]5[C@@H](C)[C@H](C)CC[C@]5(C)CC[C@@]4(C)[C@]3(C)CC[C@@H]12. The fourth-order valence-electron chi connectivity index (χ4n) is 11.1. The van der Waals surface area contributed by atoms with Gasteiger partial charge in [0.25, 0.3) is 0 Å². The van der Waals surface area contributed by atoms with Crippen molar-refractivity contribution in [3.63, 3.8) is 0 Å². The lowest BCUT2D eigenvalue weighted by Crippen LogP contribution is -2.65. The highest BCUT2D eigenvalue weighted by molar-refractivity contribution is 6.04. The Kier molecular flexibility index (Phi) is 6.64. The second-order valence-electron chi connectivity index (χ2n) is 15.4. The number of allylic oxidation sites excluding steroid dienone is 2. The molecular formula is C34H54O3. The standard InChI is InChI=1S/C34H54O3/c1-9-10-21-37-29(36)34(8)26-14-18-33(7)25(31(26,5)17-15-27(34)35)12-11-24-28-23(3)22(2)13-16-30(28,4)19-20-32(24,33)6/h11,22-23,25-26,28H,9-10,12-21H2,1-8H3/t22-,23+,25-,26-,28+,30-,31-,32-,33-,34-/m1/s1. The van der Waals surface area contributed by atoms with Gasteiger partial charge in [-0.25, -0.2) is 0 Å². The molecule has 5 aliphatic carbocycles. The number of carbonyl (C=O) groups excluding carboxylic acids is 2. The number of ether oxygens (including phenoxy) is 1. The molecule has 3 heteroatoms. The maximum Gasteiger partial charge on any atom is 0.319 e. The molecule has 0 saturated heterocycles. The van der Waals surface area contributed by atoms with Crippen LogP contribution in [0.2, 0.25) is 0 Å². The van der Waals surface area contributed by atoms with Crippen molar-refractivity contribution in [3.05, 3.63) is 11.6 Å². The van der Waals surface area contributed by atoms with Crippen LogP contribution in [-0.2, 0) is 14.3 Å². The van der Waals surface area contributed by atoms with Gasteiger partial charge in [0.15, 0.2) is 0 Å². The minimum absolute atomic E-state index is 0.0172. The molecule has 208 valence electrons. The molecule has 0 amide bonds. The van der Waals surface area contributed by atoms with Gasteiger partial charge in [0.05, 0.1) is 6.61 Å². The van der Waals surface area contributed by atoms with Gasteiger partial charge in [-0.3, -0.25) is 9.59 Å². The van der Waals surface area contributed by atoms with E-state index in [1.54, 1.807) is 5.57 Å². The van der Waals surface area contributed by atoms with Crippen LogP contribution in [0.3, 0.4) is 0 Å². The number of fused-ring (bicyclic) bond motifs is 7. The number of unbranched alkanes of at least 4 members (excludes halogenated alkanes) is 1. The van der Waals surface area contributed by atoms with Gasteiger partial charge < -0.3 is 4.74 Å². The number of ketones is 1. The van der Waals surface area contributed by atoms with Gasteiger partial charge in [-0.2, -0.15) is 0 Å². The summed E-state index contributed by atoms with van der Waals surface area (Å²) in [4.78, 5) is 27.0. The zero-order valence-corrected chi connectivity index (χ0v) is 25.2. The van der Waals surface area contributed by atoms with Crippen LogP contribution in [-0.4, -0.2) is 18.4 Å². The van der Waals surface area contributed by atoms with Crippen LogP contribution in [0.5, 0.6) is 0 Å². The normalized spacial score (nSPS) is 51.2. The van der Waals surface area contributed by atoms with E-state index in [1.165, 1.54) is 25.7 Å². The van der Waals surface area contributed by atoms with E-state index < -0.39 is 5.41 Å². The first-order chi connectivity index (χ1) is 17.3. The molecule has 5 rings (SSSR count). The highest BCUT2D eigenvalue weighted by Gasteiger charge is 2.70. The fraction of sp³-hybridized carbons (Fsp3) is 0.882. The lowest BCUT2D eigenvalue weighted by Gasteiger charge is -2.70. The third kappa shape index (κ3) is 3.56. The Morgan fingerprint density at radius 2 is 1.70 bits per heavy atom. The Hall–Kier alpha value is -1.12. The lowest BCUT2D eigenvalue weighted by molar-refractivity contribution is -0.199. The Balaban J connectivity index is 1.53. The summed E-state index contributed by atoms with van der Waals surface area (Å²) in [6.07, 6.45) is 14.5. The minimum Gasteiger partial charge on any atom is -0.465 e. The Morgan fingerprint density at radius 3 is 2.41 bits per heavy atom. The number of carbonyl (C=O) groups is 2. The molecule has 0 radical (unpaired) electrons. The summed E-state index contributed by atoms with van der Waals surface area (Å²) >= 11 is 0. The quantitative estimate of drug-likeness (QED) is 0.165. The summed E-state index contributed by atoms with van der Waals surface area (Å²) in [6, 6.07) is 0. The number of hydrogen-bond acceptors (Lipinski definition) is 3. The van der Waals surface area contributed by atoms with Gasteiger partial charge >= 0.3 is 5.97 Å². The van der Waals surface area contributed by atoms with E-state index in [9.17, 15) is 9.59 Å². The second kappa shape index (κ2) is 8.95. The molecule has 0 aromatic rings.